The molecule has 0 saturated carbocycles. The summed E-state index contributed by atoms with van der Waals surface area (Å²) < 4.78 is 5.05. The molecular formula is C11H26N2O. The number of hydrogen-bond acceptors (Lipinski definition) is 3. The fraction of sp³-hybridized carbons (Fsp3) is 1.00. The number of nitrogens with two attached hydrogens (primary N) is 1. The first-order chi connectivity index (χ1) is 6.40. The molecule has 0 radical (unpaired) electrons. The number of rotatable bonds is 6. The van der Waals surface area contributed by atoms with Crippen LogP contribution in [0.2, 0.25) is 0 Å². The van der Waals surface area contributed by atoms with E-state index in [4.69, 9.17) is 10.5 Å². The lowest BCUT2D eigenvalue weighted by Gasteiger charge is -2.32. The second-order valence-electron chi connectivity index (χ2n) is 5.13. The molecule has 0 amide bonds. The van der Waals surface area contributed by atoms with Crippen LogP contribution in [0, 0.1) is 5.41 Å². The molecule has 0 fully saturated rings. The molecule has 0 spiro atoms. The highest BCUT2D eigenvalue weighted by molar-refractivity contribution is 4.76. The summed E-state index contributed by atoms with van der Waals surface area (Å²) in [7, 11) is 3.84. The summed E-state index contributed by atoms with van der Waals surface area (Å²) in [5, 5.41) is 0. The molecule has 86 valence electrons. The van der Waals surface area contributed by atoms with Crippen LogP contribution in [0.25, 0.3) is 0 Å². The van der Waals surface area contributed by atoms with Gasteiger partial charge in [0.1, 0.15) is 0 Å². The molecule has 0 aromatic carbocycles. The van der Waals surface area contributed by atoms with Gasteiger partial charge in [-0.3, -0.25) is 4.90 Å². The lowest BCUT2D eigenvalue weighted by molar-refractivity contribution is 0.122. The van der Waals surface area contributed by atoms with Crippen molar-refractivity contribution in [2.24, 2.45) is 11.1 Å². The Morgan fingerprint density at radius 2 is 1.93 bits per heavy atom. The molecule has 3 heteroatoms. The third kappa shape index (κ3) is 6.35. The van der Waals surface area contributed by atoms with Gasteiger partial charge in [0.05, 0.1) is 6.61 Å². The fourth-order valence-corrected chi connectivity index (χ4v) is 1.54. The SMILES string of the molecule is COCCN(C)C(CN)CC(C)(C)C. The van der Waals surface area contributed by atoms with E-state index < -0.39 is 0 Å². The van der Waals surface area contributed by atoms with E-state index in [9.17, 15) is 0 Å². The smallest absolute Gasteiger partial charge is 0.0589 e. The maximum absolute atomic E-state index is 5.77. The zero-order valence-corrected chi connectivity index (χ0v) is 10.3. The zero-order chi connectivity index (χ0) is 11.2. The van der Waals surface area contributed by atoms with Crippen LogP contribution in [-0.4, -0.2) is 44.8 Å². The molecule has 1 unspecified atom stereocenters. The van der Waals surface area contributed by atoms with Crippen LogP contribution in [0.1, 0.15) is 27.2 Å². The Balaban J connectivity index is 3.99. The van der Waals surface area contributed by atoms with Crippen LogP contribution in [0.3, 0.4) is 0 Å². The number of methoxy groups -OCH3 is 1. The summed E-state index contributed by atoms with van der Waals surface area (Å²) in [6, 6.07) is 0.463. The van der Waals surface area contributed by atoms with Gasteiger partial charge in [0.15, 0.2) is 0 Å². The topological polar surface area (TPSA) is 38.5 Å². The second-order valence-corrected chi connectivity index (χ2v) is 5.13. The Morgan fingerprint density at radius 3 is 2.29 bits per heavy atom. The third-order valence-electron chi connectivity index (χ3n) is 2.39. The molecule has 3 nitrogen and oxygen atoms in total. The molecule has 0 bridgehead atoms. The number of hydrogen-bond donors (Lipinski definition) is 1. The van der Waals surface area contributed by atoms with Gasteiger partial charge >= 0.3 is 0 Å². The van der Waals surface area contributed by atoms with Crippen molar-refractivity contribution in [3.63, 3.8) is 0 Å². The summed E-state index contributed by atoms with van der Waals surface area (Å²) >= 11 is 0. The summed E-state index contributed by atoms with van der Waals surface area (Å²) in [5.74, 6) is 0. The van der Waals surface area contributed by atoms with Gasteiger partial charge < -0.3 is 10.5 Å². The van der Waals surface area contributed by atoms with Crippen LogP contribution in [0.4, 0.5) is 0 Å². The fourth-order valence-electron chi connectivity index (χ4n) is 1.54. The predicted octanol–water partition coefficient (Wildman–Crippen LogP) is 1.33. The maximum atomic E-state index is 5.77. The lowest BCUT2D eigenvalue weighted by atomic mass is 9.87. The molecule has 0 aromatic heterocycles. The van der Waals surface area contributed by atoms with E-state index in [1.165, 1.54) is 0 Å². The molecular weight excluding hydrogens is 176 g/mol. The molecule has 0 heterocycles. The van der Waals surface area contributed by atoms with Gasteiger partial charge in [-0.2, -0.15) is 0 Å². The standard InChI is InChI=1S/C11H26N2O/c1-11(2,3)8-10(9-12)13(4)6-7-14-5/h10H,6-9,12H2,1-5H3. The highest BCUT2D eigenvalue weighted by atomic mass is 16.5. The second kappa shape index (κ2) is 6.38. The Kier molecular flexibility index (Phi) is 6.33. The summed E-state index contributed by atoms with van der Waals surface area (Å²) in [6.45, 7) is 9.20. The van der Waals surface area contributed by atoms with Gasteiger partial charge in [0.2, 0.25) is 0 Å². The number of ether oxygens (including phenoxy) is 1. The van der Waals surface area contributed by atoms with E-state index in [-0.39, 0.29) is 0 Å². The van der Waals surface area contributed by atoms with E-state index in [0.717, 1.165) is 26.1 Å². The predicted molar refractivity (Wildman–Crippen MR) is 61.4 cm³/mol. The molecule has 0 aliphatic rings. The van der Waals surface area contributed by atoms with Gasteiger partial charge in [-0.25, -0.2) is 0 Å². The van der Waals surface area contributed by atoms with Crippen molar-refractivity contribution in [2.75, 3.05) is 33.9 Å². The van der Waals surface area contributed by atoms with Crippen LogP contribution in [0.5, 0.6) is 0 Å². The van der Waals surface area contributed by atoms with Gasteiger partial charge in [0, 0.05) is 26.2 Å². The Hall–Kier alpha value is -0.120. The molecule has 0 rings (SSSR count). The first-order valence-electron chi connectivity index (χ1n) is 5.30. The van der Waals surface area contributed by atoms with Crippen LogP contribution in [0.15, 0.2) is 0 Å². The van der Waals surface area contributed by atoms with E-state index >= 15 is 0 Å². The van der Waals surface area contributed by atoms with Crippen LogP contribution in [-0.2, 0) is 4.74 Å². The average Bonchev–Trinajstić information content (AvgIpc) is 2.08. The van der Waals surface area contributed by atoms with Gasteiger partial charge in [-0.15, -0.1) is 0 Å². The molecule has 0 aliphatic carbocycles. The van der Waals surface area contributed by atoms with Crippen molar-refractivity contribution in [3.8, 4) is 0 Å². The minimum Gasteiger partial charge on any atom is -0.383 e. The molecule has 1 atom stereocenters. The quantitative estimate of drug-likeness (QED) is 0.706. The van der Waals surface area contributed by atoms with Gasteiger partial charge in [-0.1, -0.05) is 20.8 Å². The number of likely N-dealkylation sites (N-methyl/N-ethyl adjacent to an activating group) is 1. The van der Waals surface area contributed by atoms with Crippen LogP contribution >= 0.6 is 0 Å². The summed E-state index contributed by atoms with van der Waals surface area (Å²) in [6.07, 6.45) is 1.13. The monoisotopic (exact) mass is 202 g/mol. The van der Waals surface area contributed by atoms with E-state index in [2.05, 4.69) is 32.7 Å². The van der Waals surface area contributed by atoms with Gasteiger partial charge in [0.25, 0.3) is 0 Å². The normalized spacial score (nSPS) is 14.8. The number of nitrogens with zero attached hydrogens (tertiary/aromatic N) is 1. The van der Waals surface area contributed by atoms with Crippen molar-refractivity contribution >= 4 is 0 Å². The molecule has 2 N–H and O–H groups in total. The molecule has 0 aliphatic heterocycles. The lowest BCUT2D eigenvalue weighted by Crippen LogP contribution is -2.41. The molecule has 0 saturated heterocycles. The van der Waals surface area contributed by atoms with E-state index in [0.29, 0.717) is 11.5 Å². The minimum absolute atomic E-state index is 0.339. The largest absolute Gasteiger partial charge is 0.383 e. The molecule has 14 heavy (non-hydrogen) atoms. The molecule has 0 aromatic rings. The van der Waals surface area contributed by atoms with Crippen molar-refractivity contribution in [3.05, 3.63) is 0 Å². The average molecular weight is 202 g/mol. The van der Waals surface area contributed by atoms with Crippen molar-refractivity contribution < 1.29 is 4.74 Å². The van der Waals surface area contributed by atoms with Crippen molar-refractivity contribution in [2.45, 2.75) is 33.2 Å². The first kappa shape index (κ1) is 13.9. The Bertz CT molecular complexity index is 143. The zero-order valence-electron chi connectivity index (χ0n) is 10.3. The van der Waals surface area contributed by atoms with Gasteiger partial charge in [-0.05, 0) is 18.9 Å². The summed E-state index contributed by atoms with van der Waals surface area (Å²) in [4.78, 5) is 2.29. The minimum atomic E-state index is 0.339. The maximum Gasteiger partial charge on any atom is 0.0589 e. The van der Waals surface area contributed by atoms with E-state index in [1.54, 1.807) is 7.11 Å². The summed E-state index contributed by atoms with van der Waals surface area (Å²) in [5.41, 5.74) is 6.11. The Morgan fingerprint density at radius 1 is 1.36 bits per heavy atom. The van der Waals surface area contributed by atoms with Crippen molar-refractivity contribution in [1.29, 1.82) is 0 Å². The highest BCUT2D eigenvalue weighted by Gasteiger charge is 2.20. The first-order valence-corrected chi connectivity index (χ1v) is 5.30. The van der Waals surface area contributed by atoms with Crippen LogP contribution < -0.4 is 5.73 Å². The Labute approximate surface area is 88.6 Å². The third-order valence-corrected chi connectivity index (χ3v) is 2.39. The van der Waals surface area contributed by atoms with E-state index in [1.807, 2.05) is 0 Å². The van der Waals surface area contributed by atoms with Crippen molar-refractivity contribution in [1.82, 2.24) is 4.90 Å². The highest BCUT2D eigenvalue weighted by Crippen LogP contribution is 2.22.